The Kier molecular flexibility index (Phi) is 3.01. The molecule has 0 amide bonds. The maximum absolute atomic E-state index is 11.2. The van der Waals surface area contributed by atoms with Gasteiger partial charge in [0, 0.05) is 25.2 Å². The zero-order chi connectivity index (χ0) is 10.7. The summed E-state index contributed by atoms with van der Waals surface area (Å²) in [4.78, 5) is 20.1. The van der Waals surface area contributed by atoms with Crippen LogP contribution in [0.25, 0.3) is 0 Å². The molecule has 1 aliphatic rings. The Morgan fingerprint density at radius 3 is 3.13 bits per heavy atom. The van der Waals surface area contributed by atoms with Crippen molar-refractivity contribution < 1.29 is 0 Å². The molecule has 1 fully saturated rings. The first kappa shape index (κ1) is 10.2. The molecule has 0 spiro atoms. The van der Waals surface area contributed by atoms with Crippen molar-refractivity contribution in [2.24, 2.45) is 0 Å². The summed E-state index contributed by atoms with van der Waals surface area (Å²) in [5.74, 6) is 0.773. The highest BCUT2D eigenvalue weighted by molar-refractivity contribution is 5.38. The molecular formula is C10H16N4O. The fraction of sp³-hybridized carbons (Fsp3) is 0.600. The molecule has 0 aliphatic carbocycles. The van der Waals surface area contributed by atoms with Crippen LogP contribution < -0.4 is 15.8 Å². The number of aromatic amines is 1. The van der Waals surface area contributed by atoms with Gasteiger partial charge in [-0.05, 0) is 19.9 Å². The molecule has 1 aliphatic heterocycles. The monoisotopic (exact) mass is 208 g/mol. The lowest BCUT2D eigenvalue weighted by atomic mass is 10.2. The highest BCUT2D eigenvalue weighted by Gasteiger charge is 2.22. The van der Waals surface area contributed by atoms with Crippen molar-refractivity contribution in [3.8, 4) is 0 Å². The van der Waals surface area contributed by atoms with Crippen molar-refractivity contribution >= 4 is 5.82 Å². The van der Waals surface area contributed by atoms with Gasteiger partial charge in [-0.25, -0.2) is 4.98 Å². The zero-order valence-corrected chi connectivity index (χ0v) is 8.86. The number of nitrogens with zero attached hydrogens (tertiary/aromatic N) is 2. The minimum atomic E-state index is -0.0931. The van der Waals surface area contributed by atoms with E-state index in [0.29, 0.717) is 6.04 Å². The molecule has 2 N–H and O–H groups in total. The number of likely N-dealkylation sites (N-methyl/N-ethyl adjacent to an activating group) is 1. The Balaban J connectivity index is 2.21. The van der Waals surface area contributed by atoms with Crippen LogP contribution in [-0.2, 0) is 0 Å². The second kappa shape index (κ2) is 4.44. The van der Waals surface area contributed by atoms with Gasteiger partial charge < -0.3 is 15.2 Å². The standard InChI is InChI=1S/C10H16N4O/c1-2-14(8-3-4-11-6-8)9-5-10(15)13-7-12-9/h5,7-8,11H,2-4,6H2,1H3,(H,12,13,15). The predicted octanol–water partition coefficient (Wildman–Crippen LogP) is -0.0419. The van der Waals surface area contributed by atoms with Crippen LogP contribution in [0.1, 0.15) is 13.3 Å². The summed E-state index contributed by atoms with van der Waals surface area (Å²) in [6, 6.07) is 2.02. The van der Waals surface area contributed by atoms with Crippen LogP contribution in [0.3, 0.4) is 0 Å². The fourth-order valence-electron chi connectivity index (χ4n) is 2.03. The van der Waals surface area contributed by atoms with Gasteiger partial charge >= 0.3 is 0 Å². The van der Waals surface area contributed by atoms with Gasteiger partial charge in [-0.1, -0.05) is 0 Å². The Labute approximate surface area is 88.5 Å². The van der Waals surface area contributed by atoms with Crippen molar-refractivity contribution in [2.45, 2.75) is 19.4 Å². The Morgan fingerprint density at radius 2 is 2.53 bits per heavy atom. The largest absolute Gasteiger partial charge is 0.352 e. The number of hydrogen-bond acceptors (Lipinski definition) is 4. The quantitative estimate of drug-likeness (QED) is 0.731. The van der Waals surface area contributed by atoms with Crippen LogP contribution in [0.5, 0.6) is 0 Å². The summed E-state index contributed by atoms with van der Waals surface area (Å²) in [6.07, 6.45) is 2.57. The number of rotatable bonds is 3. The minimum Gasteiger partial charge on any atom is -0.352 e. The smallest absolute Gasteiger partial charge is 0.252 e. The van der Waals surface area contributed by atoms with Gasteiger partial charge in [0.25, 0.3) is 5.56 Å². The summed E-state index contributed by atoms with van der Waals surface area (Å²) in [5, 5.41) is 3.32. The molecule has 1 aromatic rings. The highest BCUT2D eigenvalue weighted by Crippen LogP contribution is 2.15. The lowest BCUT2D eigenvalue weighted by Gasteiger charge is -2.27. The molecule has 1 unspecified atom stereocenters. The second-order valence-electron chi connectivity index (χ2n) is 3.70. The molecule has 0 saturated carbocycles. The second-order valence-corrected chi connectivity index (χ2v) is 3.70. The van der Waals surface area contributed by atoms with E-state index < -0.39 is 0 Å². The van der Waals surface area contributed by atoms with Crippen LogP contribution in [0.15, 0.2) is 17.2 Å². The average molecular weight is 208 g/mol. The molecule has 2 rings (SSSR count). The first-order chi connectivity index (χ1) is 7.31. The van der Waals surface area contributed by atoms with E-state index in [-0.39, 0.29) is 5.56 Å². The Morgan fingerprint density at radius 1 is 1.67 bits per heavy atom. The van der Waals surface area contributed by atoms with Crippen LogP contribution in [0.2, 0.25) is 0 Å². The molecule has 0 aromatic carbocycles. The van der Waals surface area contributed by atoms with Gasteiger partial charge in [0.15, 0.2) is 0 Å². The Hall–Kier alpha value is -1.36. The van der Waals surface area contributed by atoms with E-state index in [1.807, 2.05) is 0 Å². The molecule has 1 atom stereocenters. The van der Waals surface area contributed by atoms with Crippen LogP contribution >= 0.6 is 0 Å². The SMILES string of the molecule is CCN(c1cc(=O)[nH]cn1)C1CCNC1. The third kappa shape index (κ3) is 2.18. The van der Waals surface area contributed by atoms with Gasteiger partial charge in [-0.2, -0.15) is 0 Å². The van der Waals surface area contributed by atoms with E-state index in [0.717, 1.165) is 31.9 Å². The van der Waals surface area contributed by atoms with Gasteiger partial charge in [0.2, 0.25) is 0 Å². The van der Waals surface area contributed by atoms with Crippen LogP contribution in [0, 0.1) is 0 Å². The van der Waals surface area contributed by atoms with Crippen molar-refractivity contribution in [2.75, 3.05) is 24.5 Å². The zero-order valence-electron chi connectivity index (χ0n) is 8.86. The number of nitrogens with one attached hydrogen (secondary N) is 2. The molecule has 15 heavy (non-hydrogen) atoms. The van der Waals surface area contributed by atoms with Crippen LogP contribution in [-0.4, -0.2) is 35.6 Å². The van der Waals surface area contributed by atoms with Crippen molar-refractivity contribution in [3.05, 3.63) is 22.7 Å². The van der Waals surface area contributed by atoms with E-state index in [9.17, 15) is 4.79 Å². The summed E-state index contributed by atoms with van der Waals surface area (Å²) >= 11 is 0. The number of aromatic nitrogens is 2. The maximum atomic E-state index is 11.2. The van der Waals surface area contributed by atoms with Gasteiger partial charge in [-0.3, -0.25) is 4.79 Å². The van der Waals surface area contributed by atoms with Crippen LogP contribution in [0.4, 0.5) is 5.82 Å². The molecule has 1 aromatic heterocycles. The van der Waals surface area contributed by atoms with Gasteiger partial charge in [0.1, 0.15) is 5.82 Å². The van der Waals surface area contributed by atoms with E-state index in [1.165, 1.54) is 6.33 Å². The predicted molar refractivity (Wildman–Crippen MR) is 59.2 cm³/mol. The molecule has 5 heteroatoms. The third-order valence-electron chi connectivity index (χ3n) is 2.77. The van der Waals surface area contributed by atoms with E-state index in [2.05, 4.69) is 27.1 Å². The maximum Gasteiger partial charge on any atom is 0.252 e. The lowest BCUT2D eigenvalue weighted by molar-refractivity contribution is 0.639. The normalized spacial score (nSPS) is 20.5. The summed E-state index contributed by atoms with van der Waals surface area (Å²) < 4.78 is 0. The van der Waals surface area contributed by atoms with Crippen molar-refractivity contribution in [1.29, 1.82) is 0 Å². The topological polar surface area (TPSA) is 61.0 Å². The minimum absolute atomic E-state index is 0.0931. The third-order valence-corrected chi connectivity index (χ3v) is 2.77. The molecule has 5 nitrogen and oxygen atoms in total. The summed E-state index contributed by atoms with van der Waals surface area (Å²) in [7, 11) is 0. The molecule has 0 bridgehead atoms. The fourth-order valence-corrected chi connectivity index (χ4v) is 2.03. The molecule has 82 valence electrons. The lowest BCUT2D eigenvalue weighted by Crippen LogP contribution is -2.37. The van der Waals surface area contributed by atoms with E-state index >= 15 is 0 Å². The summed E-state index contributed by atoms with van der Waals surface area (Å²) in [6.45, 7) is 4.98. The molecule has 1 saturated heterocycles. The Bertz CT molecular complexity index is 370. The first-order valence-corrected chi connectivity index (χ1v) is 5.33. The highest BCUT2D eigenvalue weighted by atomic mass is 16.1. The van der Waals surface area contributed by atoms with Crippen molar-refractivity contribution in [3.63, 3.8) is 0 Å². The van der Waals surface area contributed by atoms with Gasteiger partial charge in [-0.15, -0.1) is 0 Å². The van der Waals surface area contributed by atoms with Gasteiger partial charge in [0.05, 0.1) is 6.33 Å². The molecular weight excluding hydrogens is 192 g/mol. The van der Waals surface area contributed by atoms with E-state index in [1.54, 1.807) is 6.07 Å². The first-order valence-electron chi connectivity index (χ1n) is 5.33. The van der Waals surface area contributed by atoms with Crippen molar-refractivity contribution in [1.82, 2.24) is 15.3 Å². The molecule has 2 heterocycles. The summed E-state index contributed by atoms with van der Waals surface area (Å²) in [5.41, 5.74) is -0.0931. The molecule has 0 radical (unpaired) electrons. The average Bonchev–Trinajstić information content (AvgIpc) is 2.72. The number of anilines is 1. The number of H-pyrrole nitrogens is 1. The van der Waals surface area contributed by atoms with E-state index in [4.69, 9.17) is 0 Å². The number of hydrogen-bond donors (Lipinski definition) is 2.